The molecule has 0 atom stereocenters. The van der Waals surface area contributed by atoms with Crippen LogP contribution >= 0.6 is 11.8 Å². The number of hydrogen-bond acceptors (Lipinski definition) is 4. The molecule has 4 heteroatoms. The maximum absolute atomic E-state index is 5.87. The third-order valence-corrected chi connectivity index (χ3v) is 3.53. The molecular formula is C10H14N2OS. The highest BCUT2D eigenvalue weighted by Gasteiger charge is 2.18. The molecule has 14 heavy (non-hydrogen) atoms. The summed E-state index contributed by atoms with van der Waals surface area (Å²) in [4.78, 5) is 1.12. The predicted octanol–water partition coefficient (Wildman–Crippen LogP) is 1.34. The van der Waals surface area contributed by atoms with Crippen molar-refractivity contribution < 1.29 is 4.74 Å². The molecule has 0 aliphatic carbocycles. The van der Waals surface area contributed by atoms with Crippen LogP contribution in [-0.2, 0) is 0 Å². The number of anilines is 1. The molecule has 1 aromatic rings. The molecule has 0 saturated carbocycles. The summed E-state index contributed by atoms with van der Waals surface area (Å²) in [6.07, 6.45) is 0. The van der Waals surface area contributed by atoms with Gasteiger partial charge in [0.05, 0.1) is 7.11 Å². The van der Waals surface area contributed by atoms with Gasteiger partial charge in [-0.15, -0.1) is 11.8 Å². The monoisotopic (exact) mass is 210 g/mol. The van der Waals surface area contributed by atoms with Crippen LogP contribution in [0, 0.1) is 0 Å². The van der Waals surface area contributed by atoms with E-state index in [1.54, 1.807) is 7.11 Å². The average Bonchev–Trinajstić information content (AvgIpc) is 2.14. The molecule has 3 nitrogen and oxygen atoms in total. The number of hydrogen-bond donors (Lipinski definition) is 2. The van der Waals surface area contributed by atoms with Crippen LogP contribution < -0.4 is 15.8 Å². The average molecular weight is 210 g/mol. The van der Waals surface area contributed by atoms with Crippen molar-refractivity contribution in [2.45, 2.75) is 10.1 Å². The Morgan fingerprint density at radius 3 is 2.86 bits per heavy atom. The van der Waals surface area contributed by atoms with Crippen LogP contribution in [-0.4, -0.2) is 25.4 Å². The summed E-state index contributed by atoms with van der Waals surface area (Å²) < 4.78 is 5.16. The molecule has 0 amide bonds. The minimum absolute atomic E-state index is 0.657. The number of nitrogens with two attached hydrogens (primary N) is 1. The lowest BCUT2D eigenvalue weighted by Crippen LogP contribution is -2.44. The number of benzene rings is 1. The quantitative estimate of drug-likeness (QED) is 0.739. The van der Waals surface area contributed by atoms with E-state index in [1.807, 2.05) is 30.0 Å². The van der Waals surface area contributed by atoms with Gasteiger partial charge >= 0.3 is 0 Å². The molecule has 1 saturated heterocycles. The van der Waals surface area contributed by atoms with Crippen molar-refractivity contribution in [1.29, 1.82) is 0 Å². The summed E-state index contributed by atoms with van der Waals surface area (Å²) in [5, 5.41) is 3.89. The Bertz CT molecular complexity index is 326. The van der Waals surface area contributed by atoms with Gasteiger partial charge in [0, 0.05) is 28.9 Å². The van der Waals surface area contributed by atoms with Gasteiger partial charge in [-0.2, -0.15) is 0 Å². The fourth-order valence-corrected chi connectivity index (χ4v) is 2.42. The highest BCUT2D eigenvalue weighted by atomic mass is 32.2. The Labute approximate surface area is 88.0 Å². The number of ether oxygens (including phenoxy) is 1. The van der Waals surface area contributed by atoms with Gasteiger partial charge in [0.2, 0.25) is 0 Å². The first-order valence-electron chi connectivity index (χ1n) is 4.60. The zero-order chi connectivity index (χ0) is 9.97. The molecule has 2 rings (SSSR count). The van der Waals surface area contributed by atoms with Crippen LogP contribution in [0.3, 0.4) is 0 Å². The fraction of sp³-hybridized carbons (Fsp3) is 0.400. The van der Waals surface area contributed by atoms with Gasteiger partial charge in [-0.1, -0.05) is 0 Å². The Morgan fingerprint density at radius 1 is 1.50 bits per heavy atom. The molecule has 1 aliphatic rings. The summed E-state index contributed by atoms with van der Waals surface area (Å²) in [5.41, 5.74) is 6.71. The van der Waals surface area contributed by atoms with Crippen molar-refractivity contribution >= 4 is 17.4 Å². The van der Waals surface area contributed by atoms with E-state index in [-0.39, 0.29) is 0 Å². The van der Waals surface area contributed by atoms with Gasteiger partial charge < -0.3 is 15.8 Å². The van der Waals surface area contributed by atoms with Crippen LogP contribution in [0.15, 0.2) is 23.1 Å². The molecule has 0 spiro atoms. The number of thioether (sulfide) groups is 1. The first-order chi connectivity index (χ1) is 6.79. The second kappa shape index (κ2) is 4.11. The molecule has 0 bridgehead atoms. The fourth-order valence-electron chi connectivity index (χ4n) is 1.27. The highest BCUT2D eigenvalue weighted by Crippen LogP contribution is 2.33. The third kappa shape index (κ3) is 1.96. The Balaban J connectivity index is 2.13. The molecule has 1 fully saturated rings. The van der Waals surface area contributed by atoms with E-state index in [0.717, 1.165) is 29.4 Å². The molecule has 0 aromatic heterocycles. The molecule has 1 aliphatic heterocycles. The van der Waals surface area contributed by atoms with Crippen LogP contribution in [0.25, 0.3) is 0 Å². The second-order valence-electron chi connectivity index (χ2n) is 3.30. The molecule has 0 radical (unpaired) electrons. The van der Waals surface area contributed by atoms with Gasteiger partial charge in [0.1, 0.15) is 5.75 Å². The van der Waals surface area contributed by atoms with E-state index in [2.05, 4.69) is 5.32 Å². The lowest BCUT2D eigenvalue weighted by Gasteiger charge is -2.26. The number of rotatable bonds is 3. The van der Waals surface area contributed by atoms with Crippen LogP contribution in [0.5, 0.6) is 5.75 Å². The van der Waals surface area contributed by atoms with Gasteiger partial charge in [-0.25, -0.2) is 0 Å². The summed E-state index contributed by atoms with van der Waals surface area (Å²) in [6, 6.07) is 5.78. The topological polar surface area (TPSA) is 47.3 Å². The van der Waals surface area contributed by atoms with E-state index in [0.29, 0.717) is 5.25 Å². The van der Waals surface area contributed by atoms with Gasteiger partial charge in [0.15, 0.2) is 0 Å². The Hall–Kier alpha value is -0.870. The molecule has 3 N–H and O–H groups in total. The SMILES string of the molecule is COc1ccc(N)c(SC2CNC2)c1. The minimum atomic E-state index is 0.657. The minimum Gasteiger partial charge on any atom is -0.497 e. The van der Waals surface area contributed by atoms with E-state index in [4.69, 9.17) is 10.5 Å². The lowest BCUT2D eigenvalue weighted by atomic mass is 10.3. The smallest absolute Gasteiger partial charge is 0.120 e. The summed E-state index contributed by atoms with van der Waals surface area (Å²) in [6.45, 7) is 2.14. The first kappa shape index (κ1) is 9.68. The van der Waals surface area contributed by atoms with Crippen molar-refractivity contribution in [1.82, 2.24) is 5.32 Å². The van der Waals surface area contributed by atoms with E-state index >= 15 is 0 Å². The van der Waals surface area contributed by atoms with E-state index in [9.17, 15) is 0 Å². The Kier molecular flexibility index (Phi) is 2.84. The number of nitrogens with one attached hydrogen (secondary N) is 1. The zero-order valence-electron chi connectivity index (χ0n) is 8.12. The standard InChI is InChI=1S/C10H14N2OS/c1-13-7-2-3-9(11)10(4-7)14-8-5-12-6-8/h2-4,8,12H,5-6,11H2,1H3. The van der Waals surface area contributed by atoms with Crippen LogP contribution in [0.1, 0.15) is 0 Å². The van der Waals surface area contributed by atoms with Crippen LogP contribution in [0.4, 0.5) is 5.69 Å². The summed E-state index contributed by atoms with van der Waals surface area (Å²) >= 11 is 1.82. The van der Waals surface area contributed by atoms with E-state index < -0.39 is 0 Å². The van der Waals surface area contributed by atoms with E-state index in [1.165, 1.54) is 0 Å². The van der Waals surface area contributed by atoms with Crippen molar-refractivity contribution in [2.75, 3.05) is 25.9 Å². The highest BCUT2D eigenvalue weighted by molar-refractivity contribution is 8.00. The van der Waals surface area contributed by atoms with Crippen molar-refractivity contribution in [3.8, 4) is 5.75 Å². The van der Waals surface area contributed by atoms with Crippen molar-refractivity contribution in [3.63, 3.8) is 0 Å². The van der Waals surface area contributed by atoms with Gasteiger partial charge in [-0.3, -0.25) is 0 Å². The number of methoxy groups -OCH3 is 1. The van der Waals surface area contributed by atoms with Crippen LogP contribution in [0.2, 0.25) is 0 Å². The zero-order valence-corrected chi connectivity index (χ0v) is 8.93. The van der Waals surface area contributed by atoms with Crippen molar-refractivity contribution in [2.24, 2.45) is 0 Å². The van der Waals surface area contributed by atoms with Crippen molar-refractivity contribution in [3.05, 3.63) is 18.2 Å². The lowest BCUT2D eigenvalue weighted by molar-refractivity contribution is 0.414. The van der Waals surface area contributed by atoms with Gasteiger partial charge in [0.25, 0.3) is 0 Å². The molecule has 1 aromatic carbocycles. The third-order valence-electron chi connectivity index (χ3n) is 2.26. The largest absolute Gasteiger partial charge is 0.497 e. The normalized spacial score (nSPS) is 16.4. The summed E-state index contributed by atoms with van der Waals surface area (Å²) in [7, 11) is 1.67. The number of nitrogen functional groups attached to an aromatic ring is 1. The molecule has 0 unspecified atom stereocenters. The Morgan fingerprint density at radius 2 is 2.29 bits per heavy atom. The first-order valence-corrected chi connectivity index (χ1v) is 5.48. The molecule has 1 heterocycles. The second-order valence-corrected chi connectivity index (χ2v) is 4.64. The summed E-state index contributed by atoms with van der Waals surface area (Å²) in [5.74, 6) is 0.869. The maximum atomic E-state index is 5.87. The molecular weight excluding hydrogens is 196 g/mol. The predicted molar refractivity (Wildman–Crippen MR) is 59.9 cm³/mol. The maximum Gasteiger partial charge on any atom is 0.120 e. The molecule has 76 valence electrons. The van der Waals surface area contributed by atoms with Gasteiger partial charge in [-0.05, 0) is 18.2 Å².